The van der Waals surface area contributed by atoms with E-state index in [2.05, 4.69) is 0 Å². The summed E-state index contributed by atoms with van der Waals surface area (Å²) in [6, 6.07) is 0. The Labute approximate surface area is 55.4 Å². The minimum atomic E-state index is -1.64. The van der Waals surface area contributed by atoms with Gasteiger partial charge in [0.1, 0.15) is 0 Å². The molecule has 0 saturated heterocycles. The van der Waals surface area contributed by atoms with E-state index < -0.39 is 23.4 Å². The number of ketones is 1. The first-order chi connectivity index (χ1) is 4.04. The van der Waals surface area contributed by atoms with Crippen molar-refractivity contribution in [2.24, 2.45) is 0 Å². The molecule has 0 amide bonds. The van der Waals surface area contributed by atoms with Gasteiger partial charge in [0.05, 0.1) is 6.42 Å². The molecule has 0 saturated carbocycles. The number of aliphatic carboxylic acids is 1. The van der Waals surface area contributed by atoms with Crippen LogP contribution < -0.4 is 0 Å². The fourth-order valence-electron chi connectivity index (χ4n) is 0.202. The Morgan fingerprint density at radius 1 is 1.33 bits per heavy atom. The van der Waals surface area contributed by atoms with E-state index in [0.29, 0.717) is 0 Å². The molecule has 0 aliphatic rings. The summed E-state index contributed by atoms with van der Waals surface area (Å²) in [4.78, 5) is 29.6. The summed E-state index contributed by atoms with van der Waals surface area (Å²) in [6.07, 6.45) is -0.739. The average molecular weight is 151 g/mol. The van der Waals surface area contributed by atoms with Crippen LogP contribution >= 0.6 is 11.6 Å². The molecule has 0 aromatic carbocycles. The van der Waals surface area contributed by atoms with Gasteiger partial charge in [-0.3, -0.25) is 9.59 Å². The van der Waals surface area contributed by atoms with E-state index in [-0.39, 0.29) is 0 Å². The van der Waals surface area contributed by atoms with Crippen LogP contribution in [0.15, 0.2) is 0 Å². The van der Waals surface area contributed by atoms with Gasteiger partial charge in [-0.2, -0.15) is 0 Å². The molecule has 0 aliphatic heterocycles. The van der Waals surface area contributed by atoms with E-state index in [1.165, 1.54) is 0 Å². The molecule has 1 N–H and O–H groups in total. The Balaban J connectivity index is 3.79. The number of carboxylic acids is 1. The number of carbonyl (C=O) groups excluding carboxylic acids is 2. The summed E-state index contributed by atoms with van der Waals surface area (Å²) in [5.41, 5.74) is 0. The zero-order valence-electron chi connectivity index (χ0n) is 4.26. The van der Waals surface area contributed by atoms with Crippen LogP contribution in [0.4, 0.5) is 0 Å². The van der Waals surface area contributed by atoms with Gasteiger partial charge >= 0.3 is 5.97 Å². The maximum atomic E-state index is 10.0. The number of rotatable bonds is 3. The minimum absolute atomic E-state index is 0.739. The highest BCUT2D eigenvalue weighted by Crippen LogP contribution is 1.89. The first-order valence-corrected chi connectivity index (χ1v) is 2.36. The Morgan fingerprint density at radius 2 is 1.78 bits per heavy atom. The molecule has 0 unspecified atom stereocenters. The Morgan fingerprint density at radius 3 is 1.89 bits per heavy atom. The van der Waals surface area contributed by atoms with Gasteiger partial charge in [-0.15, -0.1) is 0 Å². The number of hydrogen-bond donors (Lipinski definition) is 1. The van der Waals surface area contributed by atoms with Crippen LogP contribution in [-0.4, -0.2) is 22.1 Å². The summed E-state index contributed by atoms with van der Waals surface area (Å²) in [6.45, 7) is 0. The second kappa shape index (κ2) is 3.19. The lowest BCUT2D eigenvalue weighted by molar-refractivity contribution is -0.149. The first-order valence-electron chi connectivity index (χ1n) is 1.98. The van der Waals surface area contributed by atoms with Gasteiger partial charge in [0.25, 0.3) is 0 Å². The summed E-state index contributed by atoms with van der Waals surface area (Å²) in [5.74, 6) is -2.82. The SMILES string of the molecule is O=C(Cl)CC(=O)C(=O)O. The van der Waals surface area contributed by atoms with Gasteiger partial charge in [-0.05, 0) is 11.6 Å². The Hall–Kier alpha value is -0.900. The van der Waals surface area contributed by atoms with Crippen molar-refractivity contribution < 1.29 is 19.5 Å². The lowest BCUT2D eigenvalue weighted by Gasteiger charge is -1.84. The van der Waals surface area contributed by atoms with Gasteiger partial charge in [0.2, 0.25) is 11.0 Å². The molecule has 4 nitrogen and oxygen atoms in total. The van der Waals surface area contributed by atoms with Crippen LogP contribution in [0.5, 0.6) is 0 Å². The van der Waals surface area contributed by atoms with E-state index >= 15 is 0 Å². The largest absolute Gasteiger partial charge is 0.475 e. The van der Waals surface area contributed by atoms with Crippen molar-refractivity contribution >= 4 is 28.6 Å². The monoisotopic (exact) mass is 150 g/mol. The zero-order chi connectivity index (χ0) is 7.44. The van der Waals surface area contributed by atoms with Crippen molar-refractivity contribution in [3.05, 3.63) is 0 Å². The van der Waals surface area contributed by atoms with Crippen molar-refractivity contribution in [3.63, 3.8) is 0 Å². The standard InChI is InChI=1S/C4H3ClO4/c5-3(7)1-2(6)4(8)9/h1H2,(H,8,9). The second-order valence-electron chi connectivity index (χ2n) is 1.26. The van der Waals surface area contributed by atoms with E-state index in [1.54, 1.807) is 0 Å². The van der Waals surface area contributed by atoms with E-state index in [1.807, 2.05) is 0 Å². The van der Waals surface area contributed by atoms with Crippen LogP contribution in [0.1, 0.15) is 6.42 Å². The highest BCUT2D eigenvalue weighted by molar-refractivity contribution is 6.66. The minimum Gasteiger partial charge on any atom is -0.475 e. The average Bonchev–Trinajstić information content (AvgIpc) is 1.63. The summed E-state index contributed by atoms with van der Waals surface area (Å²) < 4.78 is 0. The molecule has 0 heterocycles. The fourth-order valence-corrected chi connectivity index (χ4v) is 0.323. The first kappa shape index (κ1) is 8.10. The predicted octanol–water partition coefficient (Wildman–Crippen LogP) is -0.204. The highest BCUT2D eigenvalue weighted by atomic mass is 35.5. The van der Waals surface area contributed by atoms with Crippen LogP contribution in [0.3, 0.4) is 0 Å². The molecule has 0 bridgehead atoms. The van der Waals surface area contributed by atoms with Gasteiger partial charge < -0.3 is 5.11 Å². The van der Waals surface area contributed by atoms with Crippen molar-refractivity contribution in [2.75, 3.05) is 0 Å². The summed E-state index contributed by atoms with van der Waals surface area (Å²) in [5, 5.41) is 6.91. The Bertz CT molecular complexity index is 162. The van der Waals surface area contributed by atoms with Crippen LogP contribution in [0.2, 0.25) is 0 Å². The third kappa shape index (κ3) is 3.66. The molecule has 0 spiro atoms. The molecule has 0 aromatic rings. The van der Waals surface area contributed by atoms with Crippen molar-refractivity contribution in [2.45, 2.75) is 6.42 Å². The smallest absolute Gasteiger partial charge is 0.372 e. The van der Waals surface area contributed by atoms with Crippen LogP contribution in [0, 0.1) is 0 Å². The zero-order valence-corrected chi connectivity index (χ0v) is 5.01. The molecule has 5 heteroatoms. The molecule has 0 fully saturated rings. The molecule has 9 heavy (non-hydrogen) atoms. The Kier molecular flexibility index (Phi) is 2.87. The summed E-state index contributed by atoms with van der Waals surface area (Å²) >= 11 is 4.69. The highest BCUT2D eigenvalue weighted by Gasteiger charge is 2.13. The maximum absolute atomic E-state index is 10.0. The van der Waals surface area contributed by atoms with E-state index in [4.69, 9.17) is 16.7 Å². The van der Waals surface area contributed by atoms with Crippen LogP contribution in [-0.2, 0) is 14.4 Å². The van der Waals surface area contributed by atoms with E-state index in [9.17, 15) is 14.4 Å². The molecule has 0 radical (unpaired) electrons. The number of halogens is 1. The topological polar surface area (TPSA) is 71.4 Å². The number of carboxylic acid groups (broad SMARTS) is 1. The lowest BCUT2D eigenvalue weighted by atomic mass is 10.3. The van der Waals surface area contributed by atoms with Gasteiger partial charge in [-0.1, -0.05) is 0 Å². The molecule has 0 atom stereocenters. The fraction of sp³-hybridized carbons (Fsp3) is 0.250. The quantitative estimate of drug-likeness (QED) is 0.344. The second-order valence-corrected chi connectivity index (χ2v) is 1.68. The van der Waals surface area contributed by atoms with E-state index in [0.717, 1.165) is 0 Å². The van der Waals surface area contributed by atoms with Gasteiger partial charge in [0.15, 0.2) is 0 Å². The van der Waals surface area contributed by atoms with Gasteiger partial charge in [0, 0.05) is 0 Å². The molecule has 0 aliphatic carbocycles. The van der Waals surface area contributed by atoms with Crippen molar-refractivity contribution in [3.8, 4) is 0 Å². The van der Waals surface area contributed by atoms with Crippen molar-refractivity contribution in [1.29, 1.82) is 0 Å². The lowest BCUT2D eigenvalue weighted by Crippen LogP contribution is -2.14. The van der Waals surface area contributed by atoms with Crippen molar-refractivity contribution in [1.82, 2.24) is 0 Å². The summed E-state index contributed by atoms with van der Waals surface area (Å²) in [7, 11) is 0. The molecule has 50 valence electrons. The molecular weight excluding hydrogens is 147 g/mol. The number of Topliss-reactive ketones (excluding diaryl/α,β-unsaturated/α-hetero) is 1. The molecule has 0 aromatic heterocycles. The van der Waals surface area contributed by atoms with Gasteiger partial charge in [-0.25, -0.2) is 4.79 Å². The van der Waals surface area contributed by atoms with Crippen LogP contribution in [0.25, 0.3) is 0 Å². The number of hydrogen-bond acceptors (Lipinski definition) is 3. The molecule has 0 rings (SSSR count). The maximum Gasteiger partial charge on any atom is 0.372 e. The number of carbonyl (C=O) groups is 3. The third-order valence-corrected chi connectivity index (χ3v) is 0.672. The third-order valence-electron chi connectivity index (χ3n) is 0.538. The predicted molar refractivity (Wildman–Crippen MR) is 28.1 cm³/mol. The normalized spacial score (nSPS) is 8.56. The molecular formula is C4H3ClO4.